The highest BCUT2D eigenvalue weighted by atomic mass is 35.5. The Bertz CT molecular complexity index is 294. The van der Waals surface area contributed by atoms with Crippen molar-refractivity contribution in [3.8, 4) is 0 Å². The van der Waals surface area contributed by atoms with Gasteiger partial charge in [0, 0.05) is 18.5 Å². The molecule has 0 amide bonds. The van der Waals surface area contributed by atoms with Crippen LogP contribution in [0.3, 0.4) is 0 Å². The van der Waals surface area contributed by atoms with Crippen molar-refractivity contribution >= 4 is 11.6 Å². The van der Waals surface area contributed by atoms with Gasteiger partial charge >= 0.3 is 0 Å². The third kappa shape index (κ3) is 4.10. The summed E-state index contributed by atoms with van der Waals surface area (Å²) < 4.78 is 1.96. The zero-order valence-corrected chi connectivity index (χ0v) is 11.0. The number of hydrogen-bond acceptors (Lipinski definition) is 3. The number of aromatic nitrogens is 3. The molecule has 4 nitrogen and oxygen atoms in total. The van der Waals surface area contributed by atoms with E-state index in [1.807, 2.05) is 4.68 Å². The molecular formula is C11H21ClN4. The Morgan fingerprint density at radius 2 is 2.25 bits per heavy atom. The van der Waals surface area contributed by atoms with Gasteiger partial charge in [0.1, 0.15) is 12.2 Å². The fourth-order valence-electron chi connectivity index (χ4n) is 1.47. The van der Waals surface area contributed by atoms with Crippen LogP contribution in [0, 0.1) is 5.92 Å². The second kappa shape index (κ2) is 6.86. The van der Waals surface area contributed by atoms with E-state index in [0.29, 0.717) is 17.8 Å². The standard InChI is InChI=1S/C11H21ClN4/c1-4-10(5-12)13-6-11-14-8-15-16(11)7-9(2)3/h8-10,13H,4-7H2,1-3H3. The second-order valence-electron chi connectivity index (χ2n) is 4.39. The molecule has 1 unspecified atom stereocenters. The van der Waals surface area contributed by atoms with Gasteiger partial charge in [-0.15, -0.1) is 11.6 Å². The maximum Gasteiger partial charge on any atom is 0.140 e. The van der Waals surface area contributed by atoms with Crippen molar-refractivity contribution < 1.29 is 0 Å². The van der Waals surface area contributed by atoms with Crippen LogP contribution < -0.4 is 5.32 Å². The van der Waals surface area contributed by atoms with Crippen LogP contribution in [0.25, 0.3) is 0 Å². The molecule has 0 aliphatic carbocycles. The summed E-state index contributed by atoms with van der Waals surface area (Å²) >= 11 is 5.83. The number of nitrogens with one attached hydrogen (secondary N) is 1. The summed E-state index contributed by atoms with van der Waals surface area (Å²) in [7, 11) is 0. The van der Waals surface area contributed by atoms with Crippen molar-refractivity contribution in [1.29, 1.82) is 0 Å². The second-order valence-corrected chi connectivity index (χ2v) is 4.70. The van der Waals surface area contributed by atoms with Gasteiger partial charge in [-0.3, -0.25) is 0 Å². The first-order valence-corrected chi connectivity index (χ1v) is 6.36. The Morgan fingerprint density at radius 1 is 1.50 bits per heavy atom. The number of rotatable bonds is 7. The van der Waals surface area contributed by atoms with Gasteiger partial charge in [-0.2, -0.15) is 5.10 Å². The molecule has 5 heteroatoms. The van der Waals surface area contributed by atoms with Crippen LogP contribution in [-0.2, 0) is 13.1 Å². The first-order valence-electron chi connectivity index (χ1n) is 5.83. The molecule has 0 saturated carbocycles. The van der Waals surface area contributed by atoms with Gasteiger partial charge in [0.15, 0.2) is 0 Å². The van der Waals surface area contributed by atoms with Crippen molar-refractivity contribution in [1.82, 2.24) is 20.1 Å². The van der Waals surface area contributed by atoms with Gasteiger partial charge in [0.25, 0.3) is 0 Å². The summed E-state index contributed by atoms with van der Waals surface area (Å²) in [6.45, 7) is 8.12. The third-order valence-corrected chi connectivity index (χ3v) is 2.83. The molecule has 16 heavy (non-hydrogen) atoms. The lowest BCUT2D eigenvalue weighted by atomic mass is 10.2. The van der Waals surface area contributed by atoms with E-state index in [9.17, 15) is 0 Å². The SMILES string of the molecule is CCC(CCl)NCc1ncnn1CC(C)C. The van der Waals surface area contributed by atoms with E-state index < -0.39 is 0 Å². The Labute approximate surface area is 102 Å². The Morgan fingerprint density at radius 3 is 2.81 bits per heavy atom. The van der Waals surface area contributed by atoms with Gasteiger partial charge in [0.05, 0.1) is 6.54 Å². The smallest absolute Gasteiger partial charge is 0.140 e. The number of alkyl halides is 1. The summed E-state index contributed by atoms with van der Waals surface area (Å²) in [6.07, 6.45) is 2.64. The van der Waals surface area contributed by atoms with E-state index in [1.54, 1.807) is 6.33 Å². The highest BCUT2D eigenvalue weighted by Crippen LogP contribution is 2.02. The molecule has 0 aliphatic heterocycles. The minimum absolute atomic E-state index is 0.353. The molecule has 0 saturated heterocycles. The molecule has 0 radical (unpaired) electrons. The van der Waals surface area contributed by atoms with E-state index in [2.05, 4.69) is 36.2 Å². The van der Waals surface area contributed by atoms with E-state index >= 15 is 0 Å². The average Bonchev–Trinajstić information content (AvgIpc) is 2.66. The van der Waals surface area contributed by atoms with Crippen molar-refractivity contribution in [2.75, 3.05) is 5.88 Å². The molecule has 92 valence electrons. The molecule has 1 atom stereocenters. The summed E-state index contributed by atoms with van der Waals surface area (Å²) in [6, 6.07) is 0.353. The number of hydrogen-bond donors (Lipinski definition) is 1. The topological polar surface area (TPSA) is 42.7 Å². The largest absolute Gasteiger partial charge is 0.306 e. The van der Waals surface area contributed by atoms with E-state index in [0.717, 1.165) is 25.3 Å². The maximum absolute atomic E-state index is 5.83. The molecule has 1 N–H and O–H groups in total. The van der Waals surface area contributed by atoms with Gasteiger partial charge in [-0.25, -0.2) is 9.67 Å². The van der Waals surface area contributed by atoms with Crippen LogP contribution in [0.5, 0.6) is 0 Å². The Hall–Kier alpha value is -0.610. The number of halogens is 1. The van der Waals surface area contributed by atoms with Crippen LogP contribution >= 0.6 is 11.6 Å². The van der Waals surface area contributed by atoms with Crippen molar-refractivity contribution in [3.05, 3.63) is 12.2 Å². The van der Waals surface area contributed by atoms with Crippen LogP contribution in [0.15, 0.2) is 6.33 Å². The summed E-state index contributed by atoms with van der Waals surface area (Å²) in [4.78, 5) is 4.26. The van der Waals surface area contributed by atoms with Crippen molar-refractivity contribution in [2.24, 2.45) is 5.92 Å². The Balaban J connectivity index is 2.50. The summed E-state index contributed by atoms with van der Waals surface area (Å²) in [5.41, 5.74) is 0. The predicted octanol–water partition coefficient (Wildman–Crippen LogP) is 2.04. The van der Waals surface area contributed by atoms with Crippen molar-refractivity contribution in [3.63, 3.8) is 0 Å². The molecule has 0 aliphatic rings. The first-order chi connectivity index (χ1) is 7.67. The van der Waals surface area contributed by atoms with E-state index in [-0.39, 0.29) is 0 Å². The summed E-state index contributed by atoms with van der Waals surface area (Å²) in [5, 5.41) is 7.60. The molecule has 1 aromatic heterocycles. The van der Waals surface area contributed by atoms with Gasteiger partial charge in [0.2, 0.25) is 0 Å². The minimum atomic E-state index is 0.353. The lowest BCUT2D eigenvalue weighted by Gasteiger charge is -2.14. The molecular weight excluding hydrogens is 224 g/mol. The highest BCUT2D eigenvalue weighted by molar-refractivity contribution is 6.18. The normalized spacial score (nSPS) is 13.3. The first kappa shape index (κ1) is 13.5. The lowest BCUT2D eigenvalue weighted by molar-refractivity contribution is 0.445. The molecule has 0 aromatic carbocycles. The quantitative estimate of drug-likeness (QED) is 0.747. The zero-order valence-electron chi connectivity index (χ0n) is 10.3. The van der Waals surface area contributed by atoms with Gasteiger partial charge < -0.3 is 5.32 Å². The minimum Gasteiger partial charge on any atom is -0.306 e. The van der Waals surface area contributed by atoms with Crippen LogP contribution in [-0.4, -0.2) is 26.7 Å². The molecule has 1 rings (SSSR count). The van der Waals surface area contributed by atoms with Gasteiger partial charge in [-0.05, 0) is 12.3 Å². The Kier molecular flexibility index (Phi) is 5.77. The molecule has 0 bridgehead atoms. The van der Waals surface area contributed by atoms with Crippen molar-refractivity contribution in [2.45, 2.75) is 46.3 Å². The third-order valence-electron chi connectivity index (χ3n) is 2.46. The summed E-state index contributed by atoms with van der Waals surface area (Å²) in [5.74, 6) is 2.20. The number of nitrogens with zero attached hydrogens (tertiary/aromatic N) is 3. The fourth-order valence-corrected chi connectivity index (χ4v) is 1.79. The molecule has 0 fully saturated rings. The predicted molar refractivity (Wildman–Crippen MR) is 66.5 cm³/mol. The molecule has 1 aromatic rings. The monoisotopic (exact) mass is 244 g/mol. The van der Waals surface area contributed by atoms with Crippen LogP contribution in [0.1, 0.15) is 33.0 Å². The van der Waals surface area contributed by atoms with E-state index in [1.165, 1.54) is 0 Å². The lowest BCUT2D eigenvalue weighted by Crippen LogP contribution is -2.30. The molecule has 1 heterocycles. The maximum atomic E-state index is 5.83. The van der Waals surface area contributed by atoms with Gasteiger partial charge in [-0.1, -0.05) is 20.8 Å². The molecule has 0 spiro atoms. The van der Waals surface area contributed by atoms with Crippen LogP contribution in [0.4, 0.5) is 0 Å². The zero-order chi connectivity index (χ0) is 12.0. The average molecular weight is 245 g/mol. The van der Waals surface area contributed by atoms with Crippen LogP contribution in [0.2, 0.25) is 0 Å². The highest BCUT2D eigenvalue weighted by Gasteiger charge is 2.08. The fraction of sp³-hybridized carbons (Fsp3) is 0.818. The van der Waals surface area contributed by atoms with E-state index in [4.69, 9.17) is 11.6 Å².